The minimum Gasteiger partial charge on any atom is -0.508 e. The number of amides is 2. The summed E-state index contributed by atoms with van der Waals surface area (Å²) in [6.07, 6.45) is 6.64. The van der Waals surface area contributed by atoms with Crippen molar-refractivity contribution in [2.24, 2.45) is 5.92 Å². The van der Waals surface area contributed by atoms with Gasteiger partial charge in [-0.1, -0.05) is 25.3 Å². The van der Waals surface area contributed by atoms with E-state index in [1.807, 2.05) is 4.90 Å². The third-order valence-electron chi connectivity index (χ3n) is 5.30. The molecule has 1 atom stereocenters. The topological polar surface area (TPSA) is 69.6 Å². The molecule has 1 saturated heterocycles. The predicted octanol–water partition coefficient (Wildman–Crippen LogP) is 2.61. The zero-order chi connectivity index (χ0) is 17.1. The van der Waals surface area contributed by atoms with E-state index in [0.717, 1.165) is 6.54 Å². The Balaban J connectivity index is 1.57. The molecule has 2 aliphatic rings. The second-order valence-corrected chi connectivity index (χ2v) is 7.13. The van der Waals surface area contributed by atoms with Gasteiger partial charge in [-0.25, -0.2) is 0 Å². The number of nitrogens with one attached hydrogen (secondary N) is 1. The van der Waals surface area contributed by atoms with E-state index in [1.165, 1.54) is 32.1 Å². The summed E-state index contributed by atoms with van der Waals surface area (Å²) in [6.45, 7) is 3.15. The van der Waals surface area contributed by atoms with Gasteiger partial charge in [0, 0.05) is 30.6 Å². The largest absolute Gasteiger partial charge is 0.508 e. The van der Waals surface area contributed by atoms with E-state index in [9.17, 15) is 14.7 Å². The molecule has 0 bridgehead atoms. The number of carbonyl (C=O) groups is 2. The molecule has 1 saturated carbocycles. The van der Waals surface area contributed by atoms with E-state index in [4.69, 9.17) is 0 Å². The summed E-state index contributed by atoms with van der Waals surface area (Å²) in [6, 6.07) is 4.78. The first kappa shape index (κ1) is 16.8. The molecule has 2 N–H and O–H groups in total. The van der Waals surface area contributed by atoms with Crippen LogP contribution in [0.2, 0.25) is 0 Å². The fourth-order valence-electron chi connectivity index (χ4n) is 3.86. The van der Waals surface area contributed by atoms with Crippen molar-refractivity contribution < 1.29 is 14.7 Å². The zero-order valence-corrected chi connectivity index (χ0v) is 14.3. The number of phenols is 1. The van der Waals surface area contributed by atoms with Crippen molar-refractivity contribution in [3.05, 3.63) is 29.3 Å². The molecule has 0 aromatic heterocycles. The van der Waals surface area contributed by atoms with Crippen LogP contribution < -0.4 is 5.32 Å². The number of phenolic OH excluding ortho intramolecular Hbond substituents is 1. The normalized spacial score (nSPS) is 22.0. The Morgan fingerprint density at radius 2 is 2.04 bits per heavy atom. The minimum atomic E-state index is -0.222. The summed E-state index contributed by atoms with van der Waals surface area (Å²) < 4.78 is 0. The molecular formula is C19H26N2O3. The van der Waals surface area contributed by atoms with Gasteiger partial charge in [-0.2, -0.15) is 0 Å². The average molecular weight is 330 g/mol. The summed E-state index contributed by atoms with van der Waals surface area (Å²) >= 11 is 0. The molecule has 5 nitrogen and oxygen atoms in total. The number of hydrogen-bond donors (Lipinski definition) is 2. The summed E-state index contributed by atoms with van der Waals surface area (Å²) in [5, 5.41) is 12.7. The van der Waals surface area contributed by atoms with Crippen LogP contribution >= 0.6 is 0 Å². The Hall–Kier alpha value is -2.04. The molecule has 130 valence electrons. The monoisotopic (exact) mass is 330 g/mol. The lowest BCUT2D eigenvalue weighted by Crippen LogP contribution is -2.38. The number of nitrogens with zero attached hydrogens (tertiary/aromatic N) is 1. The van der Waals surface area contributed by atoms with Crippen molar-refractivity contribution in [2.45, 2.75) is 51.5 Å². The Morgan fingerprint density at radius 3 is 2.79 bits per heavy atom. The van der Waals surface area contributed by atoms with E-state index in [2.05, 4.69) is 5.32 Å². The molecule has 0 radical (unpaired) electrons. The summed E-state index contributed by atoms with van der Waals surface area (Å²) in [5.74, 6) is 0.647. The van der Waals surface area contributed by atoms with E-state index >= 15 is 0 Å². The average Bonchev–Trinajstić information content (AvgIpc) is 2.90. The first-order chi connectivity index (χ1) is 11.5. The van der Waals surface area contributed by atoms with Crippen LogP contribution in [0.3, 0.4) is 0 Å². The van der Waals surface area contributed by atoms with Gasteiger partial charge in [0.05, 0.1) is 6.04 Å². The molecule has 2 amide bonds. The first-order valence-electron chi connectivity index (χ1n) is 8.92. The van der Waals surface area contributed by atoms with Crippen LogP contribution in [0.25, 0.3) is 0 Å². The van der Waals surface area contributed by atoms with Gasteiger partial charge in [-0.05, 0) is 37.8 Å². The highest BCUT2D eigenvalue weighted by Gasteiger charge is 2.32. The maximum Gasteiger partial charge on any atom is 0.251 e. The van der Waals surface area contributed by atoms with Crippen molar-refractivity contribution in [2.75, 3.05) is 13.1 Å². The van der Waals surface area contributed by atoms with Crippen LogP contribution in [0, 0.1) is 12.8 Å². The van der Waals surface area contributed by atoms with E-state index in [0.29, 0.717) is 30.0 Å². The quantitative estimate of drug-likeness (QED) is 0.891. The van der Waals surface area contributed by atoms with Gasteiger partial charge in [-0.3, -0.25) is 9.59 Å². The van der Waals surface area contributed by atoms with E-state index in [-0.39, 0.29) is 23.6 Å². The Labute approximate surface area is 143 Å². The minimum absolute atomic E-state index is 0.115. The van der Waals surface area contributed by atoms with Crippen LogP contribution in [0.5, 0.6) is 5.75 Å². The number of rotatable bonds is 4. The maximum atomic E-state index is 12.4. The van der Waals surface area contributed by atoms with Crippen LogP contribution in [0.1, 0.15) is 54.4 Å². The Kier molecular flexibility index (Phi) is 5.07. The highest BCUT2D eigenvalue weighted by atomic mass is 16.3. The van der Waals surface area contributed by atoms with Crippen molar-refractivity contribution in [3.63, 3.8) is 0 Å². The van der Waals surface area contributed by atoms with Crippen molar-refractivity contribution in [1.82, 2.24) is 10.2 Å². The van der Waals surface area contributed by atoms with Gasteiger partial charge in [0.25, 0.3) is 5.91 Å². The Morgan fingerprint density at radius 1 is 1.29 bits per heavy atom. The molecule has 1 aliphatic heterocycles. The number of benzene rings is 1. The van der Waals surface area contributed by atoms with Crippen LogP contribution in [-0.4, -0.2) is 41.0 Å². The molecule has 1 unspecified atom stereocenters. The number of likely N-dealkylation sites (tertiary alicyclic amines) is 1. The van der Waals surface area contributed by atoms with Crippen molar-refractivity contribution in [1.29, 1.82) is 0 Å². The molecule has 1 aromatic rings. The fraction of sp³-hybridized carbons (Fsp3) is 0.579. The van der Waals surface area contributed by atoms with Gasteiger partial charge in [0.1, 0.15) is 5.75 Å². The van der Waals surface area contributed by atoms with Crippen LogP contribution in [-0.2, 0) is 4.79 Å². The SMILES string of the molecule is Cc1c(O)cccc1C(=O)NC1CC(=O)N(CC2CCCCC2)C1. The van der Waals surface area contributed by atoms with Crippen molar-refractivity contribution >= 4 is 11.8 Å². The molecule has 0 spiro atoms. The molecule has 24 heavy (non-hydrogen) atoms. The Bertz CT molecular complexity index is 623. The predicted molar refractivity (Wildman–Crippen MR) is 91.9 cm³/mol. The third-order valence-corrected chi connectivity index (χ3v) is 5.30. The maximum absolute atomic E-state index is 12.4. The second-order valence-electron chi connectivity index (χ2n) is 7.13. The van der Waals surface area contributed by atoms with Gasteiger partial charge >= 0.3 is 0 Å². The van der Waals surface area contributed by atoms with E-state index in [1.54, 1.807) is 25.1 Å². The van der Waals surface area contributed by atoms with Gasteiger partial charge in [0.15, 0.2) is 0 Å². The van der Waals surface area contributed by atoms with Gasteiger partial charge < -0.3 is 15.3 Å². The van der Waals surface area contributed by atoms with E-state index < -0.39 is 0 Å². The van der Waals surface area contributed by atoms with Gasteiger partial charge in [-0.15, -0.1) is 0 Å². The van der Waals surface area contributed by atoms with Crippen molar-refractivity contribution in [3.8, 4) is 5.75 Å². The molecule has 1 heterocycles. The fourth-order valence-corrected chi connectivity index (χ4v) is 3.86. The molecule has 3 rings (SSSR count). The molecule has 1 aromatic carbocycles. The summed E-state index contributed by atoms with van der Waals surface area (Å²) in [7, 11) is 0. The summed E-state index contributed by atoms with van der Waals surface area (Å²) in [4.78, 5) is 26.6. The zero-order valence-electron chi connectivity index (χ0n) is 14.3. The highest BCUT2D eigenvalue weighted by Crippen LogP contribution is 2.26. The summed E-state index contributed by atoms with van der Waals surface area (Å²) in [5.41, 5.74) is 1.03. The second kappa shape index (κ2) is 7.24. The lowest BCUT2D eigenvalue weighted by molar-refractivity contribution is -0.128. The van der Waals surface area contributed by atoms with Gasteiger partial charge in [0.2, 0.25) is 5.91 Å². The molecular weight excluding hydrogens is 304 g/mol. The molecule has 2 fully saturated rings. The molecule has 5 heteroatoms. The smallest absolute Gasteiger partial charge is 0.251 e. The lowest BCUT2D eigenvalue weighted by Gasteiger charge is -2.27. The number of hydrogen-bond acceptors (Lipinski definition) is 3. The number of carbonyl (C=O) groups excluding carboxylic acids is 2. The number of aromatic hydroxyl groups is 1. The first-order valence-corrected chi connectivity index (χ1v) is 8.92. The van der Waals surface area contributed by atoms with Crippen LogP contribution in [0.4, 0.5) is 0 Å². The highest BCUT2D eigenvalue weighted by molar-refractivity contribution is 5.97. The third kappa shape index (κ3) is 3.71. The lowest BCUT2D eigenvalue weighted by atomic mass is 9.89. The van der Waals surface area contributed by atoms with Crippen LogP contribution in [0.15, 0.2) is 18.2 Å². The standard InChI is InChI=1S/C19H26N2O3/c1-13-16(8-5-9-17(13)22)19(24)20-15-10-18(23)21(12-15)11-14-6-3-2-4-7-14/h5,8-9,14-15,22H,2-4,6-7,10-12H2,1H3,(H,20,24). The molecule has 1 aliphatic carbocycles.